The van der Waals surface area contributed by atoms with Crippen LogP contribution in [0.5, 0.6) is 0 Å². The van der Waals surface area contributed by atoms with E-state index in [9.17, 15) is 4.79 Å². The summed E-state index contributed by atoms with van der Waals surface area (Å²) in [5.41, 5.74) is 0. The van der Waals surface area contributed by atoms with Gasteiger partial charge in [0.15, 0.2) is 0 Å². The second-order valence-electron chi connectivity index (χ2n) is 13.6. The van der Waals surface area contributed by atoms with Gasteiger partial charge in [0.25, 0.3) is 6.67 Å². The quantitative estimate of drug-likeness (QED) is 0.0527. The van der Waals surface area contributed by atoms with Crippen molar-refractivity contribution in [2.75, 3.05) is 203 Å². The van der Waals surface area contributed by atoms with Crippen molar-refractivity contribution in [2.45, 2.75) is 13.8 Å². The van der Waals surface area contributed by atoms with Crippen LogP contribution in [0.4, 0.5) is 0 Å². The van der Waals surface area contributed by atoms with Crippen LogP contribution in [0.2, 0.25) is 0 Å². The predicted molar refractivity (Wildman–Crippen MR) is 216 cm³/mol. The first kappa shape index (κ1) is 49.9. The lowest BCUT2D eigenvalue weighted by atomic mass is 10.4. The molecule has 0 spiro atoms. The molecule has 54 heavy (non-hydrogen) atoms. The van der Waals surface area contributed by atoms with Gasteiger partial charge in [-0.3, -0.25) is 29.6 Å². The Kier molecular flexibility index (Phi) is 33.8. The molecule has 3 rings (SSSR count). The number of carbonyl (C=O) groups is 1. The van der Waals surface area contributed by atoms with E-state index in [4.69, 9.17) is 22.2 Å². The Balaban J connectivity index is 0.000000408. The Morgan fingerprint density at radius 3 is 1.26 bits per heavy atom. The maximum Gasteiger partial charge on any atom is 0.317 e. The molecular weight excluding hydrogens is 692 g/mol. The van der Waals surface area contributed by atoms with Crippen LogP contribution < -0.4 is 31.9 Å². The van der Waals surface area contributed by atoms with Crippen LogP contribution in [0.1, 0.15) is 13.8 Å². The number of carboxylic acids is 1. The Hall–Kier alpha value is -2.11. The fourth-order valence-corrected chi connectivity index (χ4v) is 6.14. The first-order chi connectivity index (χ1) is 26.4. The van der Waals surface area contributed by atoms with E-state index in [1.807, 2.05) is 4.90 Å². The number of hydrogen-bond acceptors (Lipinski definition) is 16. The number of nitrogens with zero attached hydrogens (tertiary/aromatic N) is 8. The van der Waals surface area contributed by atoms with Crippen LogP contribution in [0.25, 0.3) is 4.85 Å². The van der Waals surface area contributed by atoms with Gasteiger partial charge in [-0.2, -0.15) is 5.26 Å². The average Bonchev–Trinajstić information content (AvgIpc) is 3.15. The highest BCUT2D eigenvalue weighted by molar-refractivity contribution is 5.69. The SMILES string of the molecule is CCN1CCNCCN(CC)CCNCC1.O=C(O)CN1CCNCCN(CCOO)CCNCC1.[C-]#[N+]CN1CCNCCN(CC#N)CCNCC1. The number of nitriles is 1. The molecule has 314 valence electrons. The third-order valence-electron chi connectivity index (χ3n) is 9.57. The minimum absolute atomic E-state index is 0.0866. The summed E-state index contributed by atoms with van der Waals surface area (Å²) in [5, 5.41) is 46.4. The molecule has 0 atom stereocenters. The summed E-state index contributed by atoms with van der Waals surface area (Å²) in [6.45, 7) is 38.6. The van der Waals surface area contributed by atoms with E-state index in [2.05, 4.69) is 86.0 Å². The molecule has 18 heteroatoms. The predicted octanol–water partition coefficient (Wildman–Crippen LogP) is -2.64. The highest BCUT2D eigenvalue weighted by atomic mass is 17.1. The summed E-state index contributed by atoms with van der Waals surface area (Å²) in [6, 6.07) is 2.20. The number of aliphatic carboxylic acids is 1. The largest absolute Gasteiger partial charge is 0.480 e. The van der Waals surface area contributed by atoms with Crippen molar-refractivity contribution in [1.29, 1.82) is 5.26 Å². The van der Waals surface area contributed by atoms with Crippen molar-refractivity contribution in [3.05, 3.63) is 11.4 Å². The molecule has 0 amide bonds. The zero-order chi connectivity index (χ0) is 39.3. The zero-order valence-corrected chi connectivity index (χ0v) is 33.7. The van der Waals surface area contributed by atoms with Gasteiger partial charge in [0.2, 0.25) is 0 Å². The topological polar surface area (TPSA) is 187 Å². The van der Waals surface area contributed by atoms with Crippen molar-refractivity contribution in [2.24, 2.45) is 0 Å². The number of likely N-dealkylation sites (N-methyl/N-ethyl adjacent to an activating group) is 2. The molecule has 0 aromatic carbocycles. The van der Waals surface area contributed by atoms with Crippen LogP contribution >= 0.6 is 0 Å². The van der Waals surface area contributed by atoms with E-state index < -0.39 is 5.97 Å². The van der Waals surface area contributed by atoms with Crippen molar-refractivity contribution in [1.82, 2.24) is 61.3 Å². The summed E-state index contributed by atoms with van der Waals surface area (Å²) < 4.78 is 0. The Morgan fingerprint density at radius 2 is 0.944 bits per heavy atom. The third kappa shape index (κ3) is 29.2. The molecule has 3 aliphatic rings. The van der Waals surface area contributed by atoms with E-state index >= 15 is 0 Å². The lowest BCUT2D eigenvalue weighted by molar-refractivity contribution is -0.243. The van der Waals surface area contributed by atoms with Gasteiger partial charge in [0.05, 0.1) is 25.8 Å². The summed E-state index contributed by atoms with van der Waals surface area (Å²) in [7, 11) is 0. The summed E-state index contributed by atoms with van der Waals surface area (Å²) >= 11 is 0. The van der Waals surface area contributed by atoms with Crippen molar-refractivity contribution in [3.8, 4) is 6.07 Å². The van der Waals surface area contributed by atoms with Crippen LogP contribution in [0.15, 0.2) is 0 Å². The molecule has 0 aliphatic carbocycles. The maximum absolute atomic E-state index is 10.8. The molecule has 18 nitrogen and oxygen atoms in total. The summed E-state index contributed by atoms with van der Waals surface area (Å²) in [5.74, 6) is -0.785. The molecule has 3 heterocycles. The van der Waals surface area contributed by atoms with E-state index in [1.165, 1.54) is 26.2 Å². The van der Waals surface area contributed by atoms with Gasteiger partial charge in [0, 0.05) is 164 Å². The molecule has 3 saturated heterocycles. The standard InChI is InChI=1S/C12H22N6.C12H26N4O4.C12H28N4/c1-14-12-18-10-5-15-3-8-17(7-2-13)9-4-16-6-11-18;17-12(18)11-16-7-3-13-1-5-15(9-10-20-19)6-2-14-4-8-16;1-3-15-9-5-13-7-11-16(4-2)12-8-14-6-10-15/h15-16H,3-12H2;13-14,19H,1-11H2,(H,17,18);13-14H,3-12H2,1-2H3. The second kappa shape index (κ2) is 36.5. The van der Waals surface area contributed by atoms with Crippen molar-refractivity contribution < 1.29 is 20.0 Å². The van der Waals surface area contributed by atoms with Gasteiger partial charge in [0.1, 0.15) is 0 Å². The Morgan fingerprint density at radius 1 is 0.611 bits per heavy atom. The van der Waals surface area contributed by atoms with E-state index in [0.717, 1.165) is 144 Å². The first-order valence-electron chi connectivity index (χ1n) is 20.2. The molecule has 0 aromatic rings. The molecule has 0 bridgehead atoms. The third-order valence-corrected chi connectivity index (χ3v) is 9.57. The maximum atomic E-state index is 10.8. The first-order valence-corrected chi connectivity index (χ1v) is 20.2. The van der Waals surface area contributed by atoms with Crippen LogP contribution in [-0.2, 0) is 9.68 Å². The van der Waals surface area contributed by atoms with Crippen molar-refractivity contribution in [3.63, 3.8) is 0 Å². The van der Waals surface area contributed by atoms with Crippen LogP contribution in [0, 0.1) is 17.9 Å². The monoisotopic (exact) mass is 769 g/mol. The van der Waals surface area contributed by atoms with Gasteiger partial charge >= 0.3 is 5.97 Å². The number of nitrogens with one attached hydrogen (secondary N) is 6. The van der Waals surface area contributed by atoms with Gasteiger partial charge in [-0.25, -0.2) is 16.4 Å². The van der Waals surface area contributed by atoms with Gasteiger partial charge < -0.3 is 46.8 Å². The second-order valence-corrected chi connectivity index (χ2v) is 13.6. The number of rotatable bonds is 9. The number of hydrogen-bond donors (Lipinski definition) is 8. The Labute approximate surface area is 326 Å². The van der Waals surface area contributed by atoms with Crippen LogP contribution in [-0.4, -0.2) is 249 Å². The average molecular weight is 769 g/mol. The molecular formula is C36H76N14O4. The minimum atomic E-state index is -0.785. The molecule has 8 N–H and O–H groups in total. The molecule has 3 aliphatic heterocycles. The fraction of sp³-hybridized carbons (Fsp3) is 0.917. The van der Waals surface area contributed by atoms with Gasteiger partial charge in [-0.15, -0.1) is 0 Å². The fourth-order valence-electron chi connectivity index (χ4n) is 6.14. The van der Waals surface area contributed by atoms with E-state index in [1.54, 1.807) is 0 Å². The zero-order valence-electron chi connectivity index (χ0n) is 33.7. The van der Waals surface area contributed by atoms with Gasteiger partial charge in [-0.1, -0.05) is 13.8 Å². The molecule has 0 saturated carbocycles. The van der Waals surface area contributed by atoms with Crippen molar-refractivity contribution >= 4 is 5.97 Å². The highest BCUT2D eigenvalue weighted by Crippen LogP contribution is 1.93. The molecule has 0 aromatic heterocycles. The Bertz CT molecular complexity index is 873. The van der Waals surface area contributed by atoms with Crippen LogP contribution in [0.3, 0.4) is 0 Å². The van der Waals surface area contributed by atoms with E-state index in [0.29, 0.717) is 26.4 Å². The molecule has 0 unspecified atom stereocenters. The highest BCUT2D eigenvalue weighted by Gasteiger charge is 2.12. The lowest BCUT2D eigenvalue weighted by Crippen LogP contribution is -2.45. The lowest BCUT2D eigenvalue weighted by Gasteiger charge is -2.25. The molecule has 0 radical (unpaired) electrons. The number of carboxylic acid groups (broad SMARTS) is 1. The minimum Gasteiger partial charge on any atom is -0.480 e. The summed E-state index contributed by atoms with van der Waals surface area (Å²) in [6.07, 6.45) is 0. The van der Waals surface area contributed by atoms with Gasteiger partial charge in [-0.05, 0) is 13.1 Å². The molecule has 3 fully saturated rings. The van der Waals surface area contributed by atoms with E-state index in [-0.39, 0.29) is 6.54 Å². The normalized spacial score (nSPS) is 21.9. The smallest absolute Gasteiger partial charge is 0.317 e. The summed E-state index contributed by atoms with van der Waals surface area (Å²) in [4.78, 5) is 31.8.